The van der Waals surface area contributed by atoms with Crippen LogP contribution in [0.1, 0.15) is 52.4 Å². The van der Waals surface area contributed by atoms with Crippen LogP contribution < -0.4 is 11.3 Å². The molecular weight excluding hydrogens is 526 g/mol. The average Bonchev–Trinajstić information content (AvgIpc) is 2.36. The first-order valence-corrected chi connectivity index (χ1v) is 13.0. The van der Waals surface area contributed by atoms with Gasteiger partial charge < -0.3 is 10.2 Å². The summed E-state index contributed by atoms with van der Waals surface area (Å²) in [6.45, 7) is 2.17. The van der Waals surface area contributed by atoms with Crippen LogP contribution in [0, 0.1) is 17.8 Å². The molecule has 4 bridgehead atoms. The number of rotatable bonds is 1. The number of carboxylic acid groups (broad SMARTS) is 2. The molecule has 0 aliphatic heterocycles. The van der Waals surface area contributed by atoms with E-state index in [1.165, 1.54) is 38.5 Å². The Morgan fingerprint density at radius 1 is 1.00 bits per heavy atom. The molecule has 0 saturated heterocycles. The Bertz CT molecular complexity index is 331. The number of halogens is 2. The average molecular weight is 552 g/mol. The summed E-state index contributed by atoms with van der Waals surface area (Å²) in [4.78, 5) is 18.0. The fourth-order valence-electron chi connectivity index (χ4n) is 4.29. The number of carboxylic acids is 2. The molecule has 0 unspecified atom stereocenters. The normalized spacial score (nSPS) is 32.5. The molecule has 0 aromatic carbocycles. The van der Waals surface area contributed by atoms with Crippen LogP contribution >= 0.6 is 18.8 Å². The standard InChI is InChI=1S/C10H18N2.2C2H4O2.2ClH.Pt/c11-12-10-4-7-1-8(5-10)3-9(2-7)6-10;2*1-2(3)4;;;/h7-9,12H,1-6,11H2;2*1H3,(H,3,4);2*1H;/q;;;;;+2/p-2. The molecule has 4 fully saturated rings. The summed E-state index contributed by atoms with van der Waals surface area (Å²) < 4.78 is 0. The number of hydrazine groups is 1. The van der Waals surface area contributed by atoms with Crippen molar-refractivity contribution in [2.75, 3.05) is 0 Å². The molecule has 4 aliphatic carbocycles. The van der Waals surface area contributed by atoms with Gasteiger partial charge in [0.05, 0.1) is 0 Å². The van der Waals surface area contributed by atoms with E-state index in [-0.39, 0.29) is 0 Å². The first-order chi connectivity index (χ1) is 10.7. The molecule has 0 aromatic rings. The zero-order valence-corrected chi connectivity index (χ0v) is 17.1. The van der Waals surface area contributed by atoms with Crippen LogP contribution in [0.3, 0.4) is 0 Å². The summed E-state index contributed by atoms with van der Waals surface area (Å²) >= 11 is -0.472. The third kappa shape index (κ3) is 9.88. The van der Waals surface area contributed by atoms with E-state index in [1.54, 1.807) is 0 Å². The molecule has 0 aromatic heterocycles. The van der Waals surface area contributed by atoms with E-state index in [2.05, 4.69) is 5.43 Å². The summed E-state index contributed by atoms with van der Waals surface area (Å²) in [7, 11) is 9.75. The van der Waals surface area contributed by atoms with E-state index in [4.69, 9.17) is 44.5 Å². The van der Waals surface area contributed by atoms with Crippen LogP contribution in [0.4, 0.5) is 0 Å². The third-order valence-corrected chi connectivity index (χ3v) is 4.34. The molecular formula is C14H26Cl2N2O4Pt. The van der Waals surface area contributed by atoms with Crippen LogP contribution in [0.25, 0.3) is 0 Å². The summed E-state index contributed by atoms with van der Waals surface area (Å²) in [6.07, 6.45) is 8.57. The molecule has 6 nitrogen and oxygen atoms in total. The fourth-order valence-corrected chi connectivity index (χ4v) is 4.29. The van der Waals surface area contributed by atoms with Crippen LogP contribution in [-0.2, 0) is 26.1 Å². The van der Waals surface area contributed by atoms with Crippen molar-refractivity contribution in [3.63, 3.8) is 0 Å². The van der Waals surface area contributed by atoms with Crippen molar-refractivity contribution in [2.45, 2.75) is 57.9 Å². The Balaban J connectivity index is 0.000000371. The van der Waals surface area contributed by atoms with Crippen molar-refractivity contribution in [3.8, 4) is 0 Å². The van der Waals surface area contributed by atoms with Gasteiger partial charge in [0.15, 0.2) is 0 Å². The predicted molar refractivity (Wildman–Crippen MR) is 86.6 cm³/mol. The Labute approximate surface area is 153 Å². The molecule has 4 aliphatic rings. The van der Waals surface area contributed by atoms with Gasteiger partial charge in [-0.15, -0.1) is 0 Å². The number of nitrogens with two attached hydrogens (primary N) is 1. The Hall–Kier alpha value is 0.128. The van der Waals surface area contributed by atoms with Crippen molar-refractivity contribution < 1.29 is 36.3 Å². The number of aliphatic carboxylic acids is 2. The van der Waals surface area contributed by atoms with Crippen LogP contribution in [0.15, 0.2) is 0 Å². The van der Waals surface area contributed by atoms with Crippen LogP contribution in [0.2, 0.25) is 0 Å². The van der Waals surface area contributed by atoms with E-state index in [0.717, 1.165) is 31.6 Å². The van der Waals surface area contributed by atoms with Gasteiger partial charge in [0, 0.05) is 19.4 Å². The van der Waals surface area contributed by atoms with Crippen molar-refractivity contribution in [1.82, 2.24) is 5.43 Å². The van der Waals surface area contributed by atoms with Gasteiger partial charge in [-0.25, -0.2) is 0 Å². The number of hydrogen-bond donors (Lipinski definition) is 4. The summed E-state index contributed by atoms with van der Waals surface area (Å²) in [6, 6.07) is 0. The quantitative estimate of drug-likeness (QED) is 0.294. The minimum atomic E-state index is -0.833. The fraction of sp³-hybridized carbons (Fsp3) is 0.857. The summed E-state index contributed by atoms with van der Waals surface area (Å²) in [5.41, 5.74) is 3.48. The molecule has 140 valence electrons. The van der Waals surface area contributed by atoms with E-state index in [0.29, 0.717) is 5.54 Å². The second-order valence-electron chi connectivity index (χ2n) is 6.43. The Morgan fingerprint density at radius 2 is 1.22 bits per heavy atom. The van der Waals surface area contributed by atoms with Gasteiger partial charge in [0.1, 0.15) is 0 Å². The number of carbonyl (C=O) groups is 2. The van der Waals surface area contributed by atoms with Gasteiger partial charge in [-0.3, -0.25) is 20.9 Å². The number of hydrogen-bond acceptors (Lipinski definition) is 4. The predicted octanol–water partition coefficient (Wildman–Crippen LogP) is 2.98. The van der Waals surface area contributed by atoms with Crippen LogP contribution in [-0.4, -0.2) is 27.7 Å². The van der Waals surface area contributed by atoms with Gasteiger partial charge in [-0.1, -0.05) is 0 Å². The van der Waals surface area contributed by atoms with Gasteiger partial charge in [-0.05, 0) is 56.3 Å². The topological polar surface area (TPSA) is 113 Å². The second kappa shape index (κ2) is 11.6. The molecule has 0 amide bonds. The number of nitrogens with one attached hydrogen (secondary N) is 1. The first-order valence-electron chi connectivity index (χ1n) is 7.37. The molecule has 0 spiro atoms. The van der Waals surface area contributed by atoms with E-state index < -0.39 is 28.4 Å². The molecule has 9 heteroatoms. The monoisotopic (exact) mass is 551 g/mol. The summed E-state index contributed by atoms with van der Waals surface area (Å²) in [5, 5.41) is 14.8. The van der Waals surface area contributed by atoms with Gasteiger partial charge in [0.25, 0.3) is 11.9 Å². The Kier molecular flexibility index (Phi) is 11.7. The molecule has 0 heterocycles. The van der Waals surface area contributed by atoms with E-state index >= 15 is 0 Å². The second-order valence-corrected chi connectivity index (χ2v) is 9.71. The molecule has 0 atom stereocenters. The zero-order valence-electron chi connectivity index (χ0n) is 13.3. The van der Waals surface area contributed by atoms with Gasteiger partial charge in [-0.2, -0.15) is 0 Å². The van der Waals surface area contributed by atoms with Gasteiger partial charge in [0.2, 0.25) is 0 Å². The van der Waals surface area contributed by atoms with E-state index in [9.17, 15) is 0 Å². The Morgan fingerprint density at radius 3 is 1.39 bits per heavy atom. The van der Waals surface area contributed by atoms with Gasteiger partial charge >= 0.3 is 35.3 Å². The maximum atomic E-state index is 9.00. The van der Waals surface area contributed by atoms with Crippen molar-refractivity contribution in [3.05, 3.63) is 0 Å². The van der Waals surface area contributed by atoms with Crippen molar-refractivity contribution in [1.29, 1.82) is 0 Å². The third-order valence-electron chi connectivity index (χ3n) is 4.34. The molecule has 5 N–H and O–H groups in total. The maximum absolute atomic E-state index is 9.00. The zero-order chi connectivity index (χ0) is 18.0. The molecule has 4 rings (SSSR count). The summed E-state index contributed by atoms with van der Waals surface area (Å²) in [5.74, 6) is 7.03. The SMILES string of the molecule is CC(=O)O.CC(=O)O.NNC12CC3CC(CC(C3)C1)C2.[Cl][Pt][Cl]. The molecule has 0 radical (unpaired) electrons. The first kappa shape index (κ1) is 23.1. The van der Waals surface area contributed by atoms with Crippen molar-refractivity contribution >= 4 is 30.8 Å². The minimum absolute atomic E-state index is 0.370. The van der Waals surface area contributed by atoms with Crippen molar-refractivity contribution in [2.24, 2.45) is 23.6 Å². The van der Waals surface area contributed by atoms with E-state index in [1.807, 2.05) is 0 Å². The molecule has 4 saturated carbocycles. The molecule has 23 heavy (non-hydrogen) atoms. The van der Waals surface area contributed by atoms with Crippen LogP contribution in [0.5, 0.6) is 0 Å².